The number of para-hydroxylation sites is 1. The molecule has 2 unspecified atom stereocenters. The number of methoxy groups -OCH3 is 1. The molecule has 5 rings (SSSR count). The second-order valence-corrected chi connectivity index (χ2v) is 11.2. The molecule has 2 aromatic carbocycles. The number of rotatable bonds is 4. The van der Waals surface area contributed by atoms with E-state index in [1.165, 1.54) is 13.2 Å². The van der Waals surface area contributed by atoms with Crippen LogP contribution >= 0.6 is 15.9 Å². The summed E-state index contributed by atoms with van der Waals surface area (Å²) in [4.78, 5) is 15.1. The number of aromatic hydroxyl groups is 2. The number of H-pyrrole nitrogens is 1. The Kier molecular flexibility index (Phi) is 5.13. The molecule has 9 nitrogen and oxygen atoms in total. The van der Waals surface area contributed by atoms with Crippen molar-refractivity contribution in [1.29, 1.82) is 0 Å². The number of carbonyl (C=O) groups is 1. The summed E-state index contributed by atoms with van der Waals surface area (Å²) in [6.45, 7) is 0. The van der Waals surface area contributed by atoms with Gasteiger partial charge in [-0.2, -0.15) is 5.10 Å². The van der Waals surface area contributed by atoms with E-state index in [4.69, 9.17) is 4.74 Å². The van der Waals surface area contributed by atoms with Crippen molar-refractivity contribution in [2.24, 2.45) is 0 Å². The summed E-state index contributed by atoms with van der Waals surface area (Å²) in [5.74, 6) is -0.371. The van der Waals surface area contributed by atoms with Crippen molar-refractivity contribution < 1.29 is 28.2 Å². The number of fused-ring (bicyclic) bond motifs is 1. The molecule has 3 heterocycles. The predicted octanol–water partition coefficient (Wildman–Crippen LogP) is 2.99. The van der Waals surface area contributed by atoms with Crippen LogP contribution in [0.5, 0.6) is 17.2 Å². The van der Waals surface area contributed by atoms with Crippen LogP contribution in [-0.4, -0.2) is 64.3 Å². The zero-order chi connectivity index (χ0) is 23.5. The van der Waals surface area contributed by atoms with Gasteiger partial charge >= 0.3 is 0 Å². The van der Waals surface area contributed by atoms with Crippen LogP contribution < -0.4 is 4.74 Å². The van der Waals surface area contributed by atoms with Crippen LogP contribution in [-0.2, 0) is 9.84 Å². The van der Waals surface area contributed by atoms with Gasteiger partial charge in [0.2, 0.25) is 0 Å². The van der Waals surface area contributed by atoms with Gasteiger partial charge in [0.15, 0.2) is 21.3 Å². The van der Waals surface area contributed by atoms with E-state index in [1.54, 1.807) is 35.2 Å². The van der Waals surface area contributed by atoms with E-state index in [-0.39, 0.29) is 40.4 Å². The average Bonchev–Trinajstić information content (AvgIpc) is 3.44. The quantitative estimate of drug-likeness (QED) is 0.469. The molecule has 3 aromatic rings. The van der Waals surface area contributed by atoms with Crippen LogP contribution in [0.3, 0.4) is 0 Å². The summed E-state index contributed by atoms with van der Waals surface area (Å²) < 4.78 is 30.2. The van der Waals surface area contributed by atoms with Crippen molar-refractivity contribution >= 4 is 31.7 Å². The van der Waals surface area contributed by atoms with E-state index in [0.717, 1.165) is 0 Å². The number of hydrogen-bond donors (Lipinski definition) is 3. The van der Waals surface area contributed by atoms with Crippen LogP contribution in [0.2, 0.25) is 0 Å². The van der Waals surface area contributed by atoms with E-state index in [2.05, 4.69) is 26.1 Å². The van der Waals surface area contributed by atoms with Crippen LogP contribution in [0.1, 0.15) is 34.1 Å². The number of phenolic OH excluding ortho intramolecular Hbond substituents is 2. The summed E-state index contributed by atoms with van der Waals surface area (Å²) >= 11 is 3.33. The first kappa shape index (κ1) is 21.8. The number of ether oxygens (including phenoxy) is 1. The number of aromatic nitrogens is 2. The summed E-state index contributed by atoms with van der Waals surface area (Å²) in [6.07, 6.45) is 0.324. The lowest BCUT2D eigenvalue weighted by Gasteiger charge is -2.31. The molecule has 0 saturated carbocycles. The first-order valence-electron chi connectivity index (χ1n) is 10.2. The number of benzene rings is 2. The topological polar surface area (TPSA) is 133 Å². The van der Waals surface area contributed by atoms with Gasteiger partial charge in [-0.3, -0.25) is 9.89 Å². The van der Waals surface area contributed by atoms with Crippen molar-refractivity contribution in [2.75, 3.05) is 18.6 Å². The number of nitrogens with zero attached hydrogens (tertiary/aromatic N) is 2. The van der Waals surface area contributed by atoms with Crippen LogP contribution in [0.4, 0.5) is 0 Å². The number of carbonyl (C=O) groups excluding carboxylic acids is 1. The Hall–Kier alpha value is -3.05. The number of sulfone groups is 1. The fourth-order valence-electron chi connectivity index (χ4n) is 4.65. The summed E-state index contributed by atoms with van der Waals surface area (Å²) in [7, 11) is -1.84. The Balaban J connectivity index is 1.74. The van der Waals surface area contributed by atoms with Gasteiger partial charge in [-0.05, 0) is 52.2 Å². The molecule has 0 bridgehead atoms. The second kappa shape index (κ2) is 7.77. The molecular formula is C22H20BrN3O6S. The molecule has 0 aliphatic carbocycles. The van der Waals surface area contributed by atoms with Crippen LogP contribution in [0.25, 0.3) is 11.3 Å². The van der Waals surface area contributed by atoms with Gasteiger partial charge in [0.05, 0.1) is 29.1 Å². The Morgan fingerprint density at radius 2 is 2.00 bits per heavy atom. The molecule has 2 atom stereocenters. The highest BCUT2D eigenvalue weighted by atomic mass is 79.9. The third-order valence-electron chi connectivity index (χ3n) is 6.15. The summed E-state index contributed by atoms with van der Waals surface area (Å²) in [5.41, 5.74) is 2.22. The molecule has 2 aliphatic rings. The van der Waals surface area contributed by atoms with Crippen LogP contribution in [0, 0.1) is 0 Å². The maximum Gasteiger partial charge on any atom is 0.273 e. The van der Waals surface area contributed by atoms with Gasteiger partial charge in [0.25, 0.3) is 5.91 Å². The predicted molar refractivity (Wildman–Crippen MR) is 123 cm³/mol. The lowest BCUT2D eigenvalue weighted by Crippen LogP contribution is -2.40. The monoisotopic (exact) mass is 533 g/mol. The fraction of sp³-hybridized carbons (Fsp3) is 0.273. The van der Waals surface area contributed by atoms with Crippen molar-refractivity contribution in [1.82, 2.24) is 15.1 Å². The minimum atomic E-state index is -3.26. The van der Waals surface area contributed by atoms with E-state index in [0.29, 0.717) is 33.3 Å². The highest BCUT2D eigenvalue weighted by Gasteiger charge is 2.48. The first-order valence-corrected chi connectivity index (χ1v) is 12.8. The zero-order valence-electron chi connectivity index (χ0n) is 17.4. The van der Waals surface area contributed by atoms with Gasteiger partial charge in [0.1, 0.15) is 17.1 Å². The number of halogens is 1. The molecule has 1 fully saturated rings. The third-order valence-corrected chi connectivity index (χ3v) is 8.51. The molecule has 1 saturated heterocycles. The first-order chi connectivity index (χ1) is 15.7. The molecule has 172 valence electrons. The van der Waals surface area contributed by atoms with Gasteiger partial charge in [-0.25, -0.2) is 8.42 Å². The van der Waals surface area contributed by atoms with E-state index < -0.39 is 21.9 Å². The smallest absolute Gasteiger partial charge is 0.273 e. The average molecular weight is 534 g/mol. The van der Waals surface area contributed by atoms with Gasteiger partial charge in [-0.1, -0.05) is 12.1 Å². The second-order valence-electron chi connectivity index (χ2n) is 8.10. The van der Waals surface area contributed by atoms with Crippen molar-refractivity contribution in [3.05, 3.63) is 57.7 Å². The summed E-state index contributed by atoms with van der Waals surface area (Å²) in [5, 5.41) is 27.9. The fourth-order valence-corrected chi connectivity index (χ4v) is 6.82. The lowest BCUT2D eigenvalue weighted by molar-refractivity contribution is 0.0677. The maximum atomic E-state index is 13.5. The Morgan fingerprint density at radius 3 is 2.67 bits per heavy atom. The molecule has 3 N–H and O–H groups in total. The highest BCUT2D eigenvalue weighted by molar-refractivity contribution is 9.10. The van der Waals surface area contributed by atoms with E-state index in [9.17, 15) is 23.4 Å². The van der Waals surface area contributed by atoms with Crippen molar-refractivity contribution in [3.63, 3.8) is 0 Å². The van der Waals surface area contributed by atoms with Crippen molar-refractivity contribution in [2.45, 2.75) is 18.5 Å². The minimum absolute atomic E-state index is 0.00404. The molecule has 11 heteroatoms. The minimum Gasteiger partial charge on any atom is -0.507 e. The van der Waals surface area contributed by atoms with E-state index in [1.807, 2.05) is 0 Å². The number of phenols is 2. The molecule has 0 spiro atoms. The number of aromatic amines is 1. The standard InChI is InChI=1S/C22H20BrN3O6S/c1-32-16-9-11(8-14(23)21(16)28)20-17-18(13-4-2-3-5-15(13)27)24-25-19(17)22(29)26(20)12-6-7-33(30,31)10-12/h2-5,8-9,12,20,27-28H,6-7,10H2,1H3,(H,24,25). The van der Waals surface area contributed by atoms with Crippen LogP contribution in [0.15, 0.2) is 40.9 Å². The van der Waals surface area contributed by atoms with Gasteiger partial charge in [0, 0.05) is 17.2 Å². The molecular weight excluding hydrogens is 514 g/mol. The highest BCUT2D eigenvalue weighted by Crippen LogP contribution is 2.48. The third kappa shape index (κ3) is 3.46. The maximum absolute atomic E-state index is 13.5. The summed E-state index contributed by atoms with van der Waals surface area (Å²) in [6, 6.07) is 8.73. The molecule has 0 radical (unpaired) electrons. The lowest BCUT2D eigenvalue weighted by atomic mass is 9.94. The Labute approximate surface area is 198 Å². The van der Waals surface area contributed by atoms with Gasteiger partial charge < -0.3 is 19.8 Å². The number of amides is 1. The SMILES string of the molecule is COc1cc(C2c3c(-c4ccccc4O)n[nH]c3C(=O)N2C2CCS(=O)(=O)C2)cc(Br)c1O. The number of nitrogens with one attached hydrogen (secondary N) is 1. The van der Waals surface area contributed by atoms with E-state index >= 15 is 0 Å². The zero-order valence-corrected chi connectivity index (χ0v) is 19.9. The van der Waals surface area contributed by atoms with Crippen molar-refractivity contribution in [3.8, 4) is 28.5 Å². The molecule has 1 amide bonds. The van der Waals surface area contributed by atoms with Gasteiger partial charge in [-0.15, -0.1) is 0 Å². The molecule has 1 aromatic heterocycles. The normalized spacial score (nSPS) is 21.4. The molecule has 33 heavy (non-hydrogen) atoms. The molecule has 2 aliphatic heterocycles. The Bertz CT molecular complexity index is 1390. The largest absolute Gasteiger partial charge is 0.507 e. The number of hydrogen-bond acceptors (Lipinski definition) is 7. The Morgan fingerprint density at radius 1 is 1.24 bits per heavy atom.